The highest BCUT2D eigenvalue weighted by Crippen LogP contribution is 2.39. The number of carbonyl (C=O) groups is 1. The lowest BCUT2D eigenvalue weighted by Gasteiger charge is -2.38. The first-order valence-corrected chi connectivity index (χ1v) is 9.40. The molecule has 1 aliphatic carbocycles. The third-order valence-electron chi connectivity index (χ3n) is 5.70. The normalized spacial score (nSPS) is 25.0. The number of nitrogens with zero attached hydrogens (tertiary/aromatic N) is 3. The van der Waals surface area contributed by atoms with Crippen molar-refractivity contribution in [3.05, 3.63) is 41.6 Å². The predicted molar refractivity (Wildman–Crippen MR) is 105 cm³/mol. The van der Waals surface area contributed by atoms with E-state index in [1.165, 1.54) is 5.56 Å². The van der Waals surface area contributed by atoms with Crippen LogP contribution in [-0.4, -0.2) is 47.7 Å². The van der Waals surface area contributed by atoms with E-state index in [2.05, 4.69) is 35.1 Å². The molecule has 5 nitrogen and oxygen atoms in total. The van der Waals surface area contributed by atoms with Gasteiger partial charge in [0.1, 0.15) is 0 Å². The fraction of sp³-hybridized carbons (Fsp3) is 0.476. The van der Waals surface area contributed by atoms with Crippen LogP contribution in [0.2, 0.25) is 0 Å². The Hall–Kier alpha value is -2.27. The molecule has 2 heterocycles. The molecular weight excluding hydrogens is 324 g/mol. The van der Waals surface area contributed by atoms with Crippen LogP contribution >= 0.6 is 0 Å². The summed E-state index contributed by atoms with van der Waals surface area (Å²) in [6.45, 7) is 3.78. The number of carbonyl (C=O) groups excluding carboxylic acids is 1. The Kier molecular flexibility index (Phi) is 4.27. The van der Waals surface area contributed by atoms with Gasteiger partial charge in [-0.15, -0.1) is 0 Å². The number of aromatic nitrogens is 1. The van der Waals surface area contributed by atoms with Gasteiger partial charge in [-0.05, 0) is 36.8 Å². The Balaban J connectivity index is 1.70. The fourth-order valence-corrected chi connectivity index (χ4v) is 4.22. The van der Waals surface area contributed by atoms with E-state index in [1.54, 1.807) is 7.05 Å². The molecule has 1 saturated carbocycles. The minimum atomic E-state index is -0.591. The van der Waals surface area contributed by atoms with Gasteiger partial charge in [-0.3, -0.25) is 14.8 Å². The summed E-state index contributed by atoms with van der Waals surface area (Å²) in [7, 11) is 1.77. The first-order chi connectivity index (χ1) is 12.5. The second-order valence-electron chi connectivity index (χ2n) is 7.93. The second kappa shape index (κ2) is 6.47. The quantitative estimate of drug-likeness (QED) is 0.865. The van der Waals surface area contributed by atoms with Crippen LogP contribution in [0.15, 0.2) is 35.5 Å². The smallest absolute Gasteiger partial charge is 0.242 e. The van der Waals surface area contributed by atoms with Crippen molar-refractivity contribution in [1.82, 2.24) is 9.88 Å². The maximum Gasteiger partial charge on any atom is 0.242 e. The van der Waals surface area contributed by atoms with Crippen LogP contribution in [0.25, 0.3) is 10.9 Å². The van der Waals surface area contributed by atoms with Gasteiger partial charge in [0.25, 0.3) is 0 Å². The Morgan fingerprint density at radius 1 is 1.35 bits per heavy atom. The molecule has 1 aliphatic heterocycles. The molecule has 2 N–H and O–H groups in total. The number of likely N-dealkylation sites (tertiary alicyclic amines) is 1. The van der Waals surface area contributed by atoms with Gasteiger partial charge < -0.3 is 10.6 Å². The summed E-state index contributed by atoms with van der Waals surface area (Å²) in [6, 6.07) is 8.38. The van der Waals surface area contributed by atoms with E-state index < -0.39 is 5.54 Å². The van der Waals surface area contributed by atoms with E-state index in [0.29, 0.717) is 11.8 Å². The maximum absolute atomic E-state index is 12.8. The average molecular weight is 350 g/mol. The van der Waals surface area contributed by atoms with Crippen LogP contribution < -0.4 is 5.73 Å². The Morgan fingerprint density at radius 3 is 2.88 bits per heavy atom. The van der Waals surface area contributed by atoms with E-state index in [1.807, 2.05) is 23.4 Å². The SMILES string of the molecule is C/N=C/c1ccc([C@H]2C[C@@H](C)CN(C(=O)C3(N)CC3)C2)c2cccnc12. The number of amides is 1. The van der Waals surface area contributed by atoms with E-state index in [4.69, 9.17) is 5.73 Å². The predicted octanol–water partition coefficient (Wildman–Crippen LogP) is 2.73. The fourth-order valence-electron chi connectivity index (χ4n) is 4.22. The summed E-state index contributed by atoms with van der Waals surface area (Å²) >= 11 is 0. The van der Waals surface area contributed by atoms with Gasteiger partial charge in [-0.1, -0.05) is 25.1 Å². The zero-order valence-corrected chi connectivity index (χ0v) is 15.5. The number of pyridine rings is 1. The van der Waals surface area contributed by atoms with Crippen LogP contribution in [0.5, 0.6) is 0 Å². The van der Waals surface area contributed by atoms with Crippen molar-refractivity contribution in [2.24, 2.45) is 16.6 Å². The molecule has 2 aliphatic rings. The molecule has 0 unspecified atom stereocenters. The van der Waals surface area contributed by atoms with Crippen molar-refractivity contribution in [3.8, 4) is 0 Å². The number of nitrogens with two attached hydrogens (primary N) is 1. The summed E-state index contributed by atoms with van der Waals surface area (Å²) in [5.74, 6) is 0.902. The van der Waals surface area contributed by atoms with E-state index in [-0.39, 0.29) is 5.91 Å². The van der Waals surface area contributed by atoms with Crippen LogP contribution in [-0.2, 0) is 4.79 Å². The Bertz CT molecular complexity index is 871. The van der Waals surface area contributed by atoms with Gasteiger partial charge in [0, 0.05) is 49.4 Å². The van der Waals surface area contributed by atoms with E-state index >= 15 is 0 Å². The molecule has 136 valence electrons. The highest BCUT2D eigenvalue weighted by atomic mass is 16.2. The highest BCUT2D eigenvalue weighted by Gasteiger charge is 2.49. The molecule has 5 heteroatoms. The molecule has 0 bridgehead atoms. The lowest BCUT2D eigenvalue weighted by Crippen LogP contribution is -2.50. The van der Waals surface area contributed by atoms with E-state index in [0.717, 1.165) is 48.8 Å². The topological polar surface area (TPSA) is 71.6 Å². The third kappa shape index (κ3) is 3.01. The first kappa shape index (κ1) is 17.2. The van der Waals surface area contributed by atoms with Crippen molar-refractivity contribution in [3.63, 3.8) is 0 Å². The molecule has 0 spiro atoms. The molecule has 0 radical (unpaired) electrons. The molecule has 26 heavy (non-hydrogen) atoms. The summed E-state index contributed by atoms with van der Waals surface area (Å²) in [6.07, 6.45) is 6.39. The molecule has 2 fully saturated rings. The monoisotopic (exact) mass is 350 g/mol. The first-order valence-electron chi connectivity index (χ1n) is 9.40. The zero-order valence-electron chi connectivity index (χ0n) is 15.5. The van der Waals surface area contributed by atoms with Gasteiger partial charge in [-0.2, -0.15) is 0 Å². The van der Waals surface area contributed by atoms with Crippen molar-refractivity contribution in [2.45, 2.75) is 37.6 Å². The second-order valence-corrected chi connectivity index (χ2v) is 7.93. The summed E-state index contributed by atoms with van der Waals surface area (Å²) in [5, 5.41) is 1.16. The number of aliphatic imine (C=N–C) groups is 1. The largest absolute Gasteiger partial charge is 0.340 e. The summed E-state index contributed by atoms with van der Waals surface area (Å²) in [5.41, 5.74) is 8.87. The number of hydrogen-bond acceptors (Lipinski definition) is 4. The third-order valence-corrected chi connectivity index (χ3v) is 5.70. The summed E-state index contributed by atoms with van der Waals surface area (Å²) in [4.78, 5) is 23.5. The van der Waals surface area contributed by atoms with E-state index in [9.17, 15) is 4.79 Å². The maximum atomic E-state index is 12.8. The molecule has 1 amide bonds. The Morgan fingerprint density at radius 2 is 2.15 bits per heavy atom. The molecule has 1 aromatic heterocycles. The lowest BCUT2D eigenvalue weighted by molar-refractivity contribution is -0.135. The number of rotatable bonds is 3. The van der Waals surface area contributed by atoms with Gasteiger partial charge >= 0.3 is 0 Å². The number of piperidine rings is 1. The van der Waals surface area contributed by atoms with Crippen molar-refractivity contribution >= 4 is 23.0 Å². The molecular formula is C21H26N4O. The van der Waals surface area contributed by atoms with Gasteiger partial charge in [0.2, 0.25) is 5.91 Å². The van der Waals surface area contributed by atoms with Crippen LogP contribution in [0.4, 0.5) is 0 Å². The average Bonchev–Trinajstić information content (AvgIpc) is 3.40. The van der Waals surface area contributed by atoms with Gasteiger partial charge in [-0.25, -0.2) is 0 Å². The van der Waals surface area contributed by atoms with Crippen molar-refractivity contribution in [2.75, 3.05) is 20.1 Å². The van der Waals surface area contributed by atoms with Crippen molar-refractivity contribution in [1.29, 1.82) is 0 Å². The van der Waals surface area contributed by atoms with Gasteiger partial charge in [0.05, 0.1) is 11.1 Å². The van der Waals surface area contributed by atoms with Crippen LogP contribution in [0, 0.1) is 5.92 Å². The molecule has 2 atom stereocenters. The molecule has 1 saturated heterocycles. The Labute approximate surface area is 154 Å². The van der Waals surface area contributed by atoms with Crippen LogP contribution in [0.1, 0.15) is 43.2 Å². The summed E-state index contributed by atoms with van der Waals surface area (Å²) < 4.78 is 0. The minimum Gasteiger partial charge on any atom is -0.340 e. The highest BCUT2D eigenvalue weighted by molar-refractivity contribution is 5.99. The number of fused-ring (bicyclic) bond motifs is 1. The van der Waals surface area contributed by atoms with Crippen LogP contribution in [0.3, 0.4) is 0 Å². The molecule has 2 aromatic rings. The van der Waals surface area contributed by atoms with Crippen molar-refractivity contribution < 1.29 is 4.79 Å². The standard InChI is InChI=1S/C21H26N4O/c1-14-10-16(13-25(12-14)20(26)21(22)7-8-21)17-6-5-15(11-23-2)19-18(17)4-3-9-24-19/h3-6,9,11,14,16H,7-8,10,12-13,22H2,1-2H3/b23-11+/t14-,16+/m1/s1. The molecule has 4 rings (SSSR count). The molecule has 1 aromatic carbocycles. The lowest BCUT2D eigenvalue weighted by atomic mass is 9.83. The minimum absolute atomic E-state index is 0.131. The number of benzene rings is 1. The van der Waals surface area contributed by atoms with Gasteiger partial charge in [0.15, 0.2) is 0 Å². The zero-order chi connectivity index (χ0) is 18.3. The number of hydrogen-bond donors (Lipinski definition) is 1.